The van der Waals surface area contributed by atoms with Crippen molar-refractivity contribution in [2.24, 2.45) is 0 Å². The van der Waals surface area contributed by atoms with E-state index in [-0.39, 0.29) is 16.5 Å². The Bertz CT molecular complexity index is 868. The number of morpholine rings is 1. The van der Waals surface area contributed by atoms with Crippen LogP contribution >= 0.6 is 0 Å². The van der Waals surface area contributed by atoms with Crippen molar-refractivity contribution in [3.63, 3.8) is 0 Å². The lowest BCUT2D eigenvalue weighted by atomic mass is 10.0. The van der Waals surface area contributed by atoms with Gasteiger partial charge >= 0.3 is 10.1 Å². The van der Waals surface area contributed by atoms with Gasteiger partial charge in [0.1, 0.15) is 10.6 Å². The molecule has 2 aromatic rings. The van der Waals surface area contributed by atoms with E-state index < -0.39 is 10.1 Å². The van der Waals surface area contributed by atoms with E-state index in [0.29, 0.717) is 12.4 Å². The Balaban J connectivity index is 1.71. The second-order valence-corrected chi connectivity index (χ2v) is 9.44. The molecule has 1 aliphatic heterocycles. The predicted octanol–water partition coefficient (Wildman–Crippen LogP) is 3.93. The number of rotatable bonds is 4. The summed E-state index contributed by atoms with van der Waals surface area (Å²) in [7, 11) is -3.84. The number of hydrogen-bond acceptors (Lipinski definition) is 5. The van der Waals surface area contributed by atoms with Crippen LogP contribution in [-0.4, -0.2) is 38.6 Å². The lowest BCUT2D eigenvalue weighted by molar-refractivity contribution is -0.0596. The topological polar surface area (TPSA) is 55.8 Å². The van der Waals surface area contributed by atoms with Gasteiger partial charge in [0.15, 0.2) is 0 Å². The van der Waals surface area contributed by atoms with E-state index in [9.17, 15) is 8.42 Å². The lowest BCUT2D eigenvalue weighted by Crippen LogP contribution is -2.48. The van der Waals surface area contributed by atoms with Gasteiger partial charge in [0.25, 0.3) is 0 Å². The lowest BCUT2D eigenvalue weighted by Gasteiger charge is -2.41. The maximum absolute atomic E-state index is 12.4. The molecular formula is C21H27NO4S. The van der Waals surface area contributed by atoms with Crippen molar-refractivity contribution in [2.75, 3.05) is 19.7 Å². The van der Waals surface area contributed by atoms with Crippen LogP contribution in [0.25, 0.3) is 0 Å². The quantitative estimate of drug-likeness (QED) is 0.742. The van der Waals surface area contributed by atoms with Gasteiger partial charge in [0.2, 0.25) is 0 Å². The van der Waals surface area contributed by atoms with Crippen LogP contribution in [0.1, 0.15) is 38.0 Å². The molecule has 1 atom stereocenters. The second-order valence-electron chi connectivity index (χ2n) is 7.90. The fraction of sp³-hybridized carbons (Fsp3) is 0.429. The maximum atomic E-state index is 12.4. The van der Waals surface area contributed by atoms with Gasteiger partial charge in [0.05, 0.1) is 12.7 Å². The smallest absolute Gasteiger partial charge is 0.339 e. The summed E-state index contributed by atoms with van der Waals surface area (Å²) < 4.78 is 36.0. The first kappa shape index (κ1) is 19.9. The highest BCUT2D eigenvalue weighted by molar-refractivity contribution is 7.87. The molecule has 1 fully saturated rings. The molecule has 0 aromatic heterocycles. The van der Waals surface area contributed by atoms with Crippen molar-refractivity contribution in [3.05, 3.63) is 59.7 Å². The molecule has 0 unspecified atom stereocenters. The van der Waals surface area contributed by atoms with Gasteiger partial charge in [-0.05, 0) is 57.5 Å². The van der Waals surface area contributed by atoms with Crippen LogP contribution in [0.15, 0.2) is 53.4 Å². The van der Waals surface area contributed by atoms with E-state index in [1.165, 1.54) is 0 Å². The molecule has 0 aliphatic carbocycles. The van der Waals surface area contributed by atoms with E-state index in [2.05, 4.69) is 25.7 Å². The van der Waals surface area contributed by atoms with Crippen LogP contribution in [0.3, 0.4) is 0 Å². The average molecular weight is 390 g/mol. The first-order valence-electron chi connectivity index (χ1n) is 9.13. The van der Waals surface area contributed by atoms with E-state index in [1.807, 2.05) is 19.1 Å². The Morgan fingerprint density at radius 1 is 1.04 bits per heavy atom. The fourth-order valence-electron chi connectivity index (χ4n) is 3.08. The van der Waals surface area contributed by atoms with Crippen LogP contribution in [0.2, 0.25) is 0 Å². The Hall–Kier alpha value is -1.89. The largest absolute Gasteiger partial charge is 0.379 e. The summed E-state index contributed by atoms with van der Waals surface area (Å²) in [5.74, 6) is 0.294. The number of ether oxygens (including phenoxy) is 1. The summed E-state index contributed by atoms with van der Waals surface area (Å²) in [4.78, 5) is 2.54. The molecule has 0 amide bonds. The maximum Gasteiger partial charge on any atom is 0.339 e. The monoisotopic (exact) mass is 389 g/mol. The standard InChI is InChI=1S/C21H27NO4S/c1-16-5-11-19(12-6-16)27(23,24)26-18-9-7-17(8-10-18)20-15-22(13-14-25-20)21(2,3)4/h5-12,20H,13-15H2,1-4H3/t20-/m0/s1. The molecule has 6 heteroatoms. The third-order valence-electron chi connectivity index (χ3n) is 4.78. The summed E-state index contributed by atoms with van der Waals surface area (Å²) in [6, 6.07) is 13.7. The van der Waals surface area contributed by atoms with Crippen LogP contribution in [0.5, 0.6) is 5.75 Å². The minimum Gasteiger partial charge on any atom is -0.379 e. The molecule has 3 rings (SSSR count). The van der Waals surface area contributed by atoms with Crippen molar-refractivity contribution < 1.29 is 17.3 Å². The molecule has 0 radical (unpaired) electrons. The van der Waals surface area contributed by atoms with Crippen LogP contribution < -0.4 is 4.18 Å². The molecule has 1 heterocycles. The van der Waals surface area contributed by atoms with Crippen molar-refractivity contribution in [2.45, 2.75) is 44.2 Å². The Morgan fingerprint density at radius 3 is 2.26 bits per heavy atom. The zero-order chi connectivity index (χ0) is 19.7. The molecule has 0 bridgehead atoms. The van der Waals surface area contributed by atoms with Crippen LogP contribution in [0.4, 0.5) is 0 Å². The Labute approximate surface area is 162 Å². The molecule has 1 aliphatic rings. The zero-order valence-corrected chi connectivity index (χ0v) is 17.1. The average Bonchev–Trinajstić information content (AvgIpc) is 2.62. The molecule has 2 aromatic carbocycles. The summed E-state index contributed by atoms with van der Waals surface area (Å²) >= 11 is 0. The zero-order valence-electron chi connectivity index (χ0n) is 16.3. The van der Waals surface area contributed by atoms with Gasteiger partial charge in [-0.25, -0.2) is 0 Å². The van der Waals surface area contributed by atoms with Crippen LogP contribution in [-0.2, 0) is 14.9 Å². The highest BCUT2D eigenvalue weighted by atomic mass is 32.2. The Kier molecular flexibility index (Phi) is 5.60. The van der Waals surface area contributed by atoms with Crippen LogP contribution in [0, 0.1) is 6.92 Å². The molecule has 27 heavy (non-hydrogen) atoms. The second kappa shape index (κ2) is 7.62. The van der Waals surface area contributed by atoms with E-state index >= 15 is 0 Å². The summed E-state index contributed by atoms with van der Waals surface area (Å²) in [6.07, 6.45) is -0.0271. The highest BCUT2D eigenvalue weighted by Crippen LogP contribution is 2.28. The minimum atomic E-state index is -3.84. The predicted molar refractivity (Wildman–Crippen MR) is 105 cm³/mol. The SMILES string of the molecule is Cc1ccc(S(=O)(=O)Oc2ccc([C@@H]3CN(C(C)(C)C)CCO3)cc2)cc1. The van der Waals surface area contributed by atoms with Crippen molar-refractivity contribution in [3.8, 4) is 5.75 Å². The normalized spacial score (nSPS) is 19.0. The third-order valence-corrected chi connectivity index (χ3v) is 6.04. The number of aryl methyl sites for hydroxylation is 1. The number of benzene rings is 2. The molecule has 0 N–H and O–H groups in total. The van der Waals surface area contributed by atoms with Gasteiger partial charge < -0.3 is 8.92 Å². The molecular weight excluding hydrogens is 362 g/mol. The van der Waals surface area contributed by atoms with E-state index in [1.54, 1.807) is 36.4 Å². The number of hydrogen-bond donors (Lipinski definition) is 0. The minimum absolute atomic E-state index is 0.0271. The van der Waals surface area contributed by atoms with Crippen molar-refractivity contribution >= 4 is 10.1 Å². The molecule has 5 nitrogen and oxygen atoms in total. The number of nitrogens with zero attached hydrogens (tertiary/aromatic N) is 1. The van der Waals surface area contributed by atoms with Gasteiger partial charge in [-0.2, -0.15) is 8.42 Å². The van der Waals surface area contributed by atoms with Gasteiger partial charge in [-0.3, -0.25) is 4.90 Å². The molecule has 0 spiro atoms. The molecule has 1 saturated heterocycles. The van der Waals surface area contributed by atoms with Gasteiger partial charge in [-0.15, -0.1) is 0 Å². The van der Waals surface area contributed by atoms with Gasteiger partial charge in [-0.1, -0.05) is 29.8 Å². The fourth-order valence-corrected chi connectivity index (χ4v) is 4.01. The van der Waals surface area contributed by atoms with E-state index in [0.717, 1.165) is 24.2 Å². The van der Waals surface area contributed by atoms with Gasteiger partial charge in [0, 0.05) is 18.6 Å². The molecule has 0 saturated carbocycles. The van der Waals surface area contributed by atoms with Crippen molar-refractivity contribution in [1.82, 2.24) is 4.90 Å². The summed E-state index contributed by atoms with van der Waals surface area (Å²) in [5.41, 5.74) is 2.10. The first-order valence-corrected chi connectivity index (χ1v) is 10.5. The summed E-state index contributed by atoms with van der Waals surface area (Å²) in [5, 5.41) is 0. The molecule has 146 valence electrons. The highest BCUT2D eigenvalue weighted by Gasteiger charge is 2.29. The van der Waals surface area contributed by atoms with Crippen molar-refractivity contribution in [1.29, 1.82) is 0 Å². The van der Waals surface area contributed by atoms with E-state index in [4.69, 9.17) is 8.92 Å². The Morgan fingerprint density at radius 2 is 1.67 bits per heavy atom. The first-order chi connectivity index (χ1) is 12.6. The third kappa shape index (κ3) is 4.89. The summed E-state index contributed by atoms with van der Waals surface area (Å²) in [6.45, 7) is 10.9.